The largest absolute Gasteiger partial charge is 0.344 e. The van der Waals surface area contributed by atoms with E-state index in [0.29, 0.717) is 18.3 Å². The fourth-order valence-corrected chi connectivity index (χ4v) is 3.82. The van der Waals surface area contributed by atoms with Crippen LogP contribution in [-0.4, -0.2) is 35.8 Å². The second-order valence-electron chi connectivity index (χ2n) is 8.09. The normalized spacial score (nSPS) is 19.5. The highest BCUT2D eigenvalue weighted by atomic mass is 35.5. The molecule has 4 nitrogen and oxygen atoms in total. The van der Waals surface area contributed by atoms with E-state index in [2.05, 4.69) is 17.4 Å². The highest BCUT2D eigenvalue weighted by Gasteiger charge is 2.33. The number of rotatable bonds is 6. The Labute approximate surface area is 161 Å². The van der Waals surface area contributed by atoms with Gasteiger partial charge in [-0.25, -0.2) is 0 Å². The van der Waals surface area contributed by atoms with Gasteiger partial charge in [0.05, 0.1) is 0 Å². The third-order valence-corrected chi connectivity index (χ3v) is 5.82. The van der Waals surface area contributed by atoms with Gasteiger partial charge in [0.1, 0.15) is 6.04 Å². The van der Waals surface area contributed by atoms with Crippen LogP contribution in [-0.2, 0) is 9.59 Å². The highest BCUT2D eigenvalue weighted by Crippen LogP contribution is 2.32. The second kappa shape index (κ2) is 8.43. The number of benzene rings is 1. The lowest BCUT2D eigenvalue weighted by Crippen LogP contribution is -2.52. The van der Waals surface area contributed by atoms with E-state index in [1.54, 1.807) is 0 Å². The highest BCUT2D eigenvalue weighted by molar-refractivity contribution is 6.30. The molecule has 1 saturated carbocycles. The van der Waals surface area contributed by atoms with Crippen LogP contribution in [0.3, 0.4) is 0 Å². The standard InChI is InChI=1S/C21H29ClN2O2/c1-14(2)20(23-19(25)13-15-3-4-15)21(26)24-11-9-17(10-12-24)16-5-7-18(22)8-6-16/h5-8,14-15,17,20H,3-4,9-13H2,1-2H3,(H,23,25)/t20-/m1/s1. The fourth-order valence-electron chi connectivity index (χ4n) is 3.69. The quantitative estimate of drug-likeness (QED) is 0.816. The number of likely N-dealkylation sites (tertiary alicyclic amines) is 1. The molecule has 1 aliphatic carbocycles. The molecular formula is C21H29ClN2O2. The number of piperidine rings is 1. The Morgan fingerprint density at radius 1 is 1.12 bits per heavy atom. The number of hydrogen-bond donors (Lipinski definition) is 1. The summed E-state index contributed by atoms with van der Waals surface area (Å²) in [6.45, 7) is 5.49. The van der Waals surface area contributed by atoms with Gasteiger partial charge in [-0.05, 0) is 61.1 Å². The molecule has 0 spiro atoms. The van der Waals surface area contributed by atoms with Gasteiger partial charge in [0.25, 0.3) is 0 Å². The van der Waals surface area contributed by atoms with Gasteiger partial charge < -0.3 is 10.2 Å². The van der Waals surface area contributed by atoms with Crippen LogP contribution in [0.5, 0.6) is 0 Å². The molecule has 0 aromatic heterocycles. The summed E-state index contributed by atoms with van der Waals surface area (Å²) in [5.74, 6) is 1.19. The second-order valence-corrected chi connectivity index (χ2v) is 8.52. The number of nitrogens with zero attached hydrogens (tertiary/aromatic N) is 1. The zero-order valence-electron chi connectivity index (χ0n) is 15.7. The molecule has 3 rings (SSSR count). The molecular weight excluding hydrogens is 348 g/mol. The van der Waals surface area contributed by atoms with Crippen molar-refractivity contribution in [1.82, 2.24) is 10.2 Å². The summed E-state index contributed by atoms with van der Waals surface area (Å²) < 4.78 is 0. The fraction of sp³-hybridized carbons (Fsp3) is 0.619. The maximum Gasteiger partial charge on any atom is 0.245 e. The van der Waals surface area contributed by atoms with Crippen molar-refractivity contribution in [2.45, 2.75) is 57.9 Å². The summed E-state index contributed by atoms with van der Waals surface area (Å²) in [6, 6.07) is 7.62. The minimum absolute atomic E-state index is 0.0237. The van der Waals surface area contributed by atoms with Crippen LogP contribution in [0.4, 0.5) is 0 Å². The molecule has 1 aromatic carbocycles. The molecule has 1 aliphatic heterocycles. The molecule has 1 atom stereocenters. The average molecular weight is 377 g/mol. The molecule has 26 heavy (non-hydrogen) atoms. The molecule has 2 amide bonds. The lowest BCUT2D eigenvalue weighted by Gasteiger charge is -2.35. The Morgan fingerprint density at radius 3 is 2.27 bits per heavy atom. The third-order valence-electron chi connectivity index (χ3n) is 5.57. The van der Waals surface area contributed by atoms with Crippen LogP contribution < -0.4 is 5.32 Å². The number of hydrogen-bond acceptors (Lipinski definition) is 2. The molecule has 1 N–H and O–H groups in total. The molecule has 2 fully saturated rings. The van der Waals surface area contributed by atoms with E-state index in [9.17, 15) is 9.59 Å². The number of carbonyl (C=O) groups is 2. The third kappa shape index (κ3) is 5.00. The number of halogens is 1. The average Bonchev–Trinajstić information content (AvgIpc) is 3.43. The van der Waals surface area contributed by atoms with E-state index in [0.717, 1.165) is 43.8 Å². The summed E-state index contributed by atoms with van der Waals surface area (Å²) in [4.78, 5) is 27.1. The van der Waals surface area contributed by atoms with E-state index in [-0.39, 0.29) is 17.7 Å². The number of nitrogens with one attached hydrogen (secondary N) is 1. The van der Waals surface area contributed by atoms with Crippen LogP contribution >= 0.6 is 11.6 Å². The van der Waals surface area contributed by atoms with Crippen molar-refractivity contribution in [3.8, 4) is 0 Å². The first-order valence-corrected chi connectivity index (χ1v) is 10.2. The summed E-state index contributed by atoms with van der Waals surface area (Å²) in [5, 5.41) is 3.74. The molecule has 0 unspecified atom stereocenters. The summed E-state index contributed by atoms with van der Waals surface area (Å²) in [7, 11) is 0. The van der Waals surface area contributed by atoms with Crippen LogP contribution in [0, 0.1) is 11.8 Å². The van der Waals surface area contributed by atoms with Crippen LogP contribution in [0.1, 0.15) is 57.4 Å². The van der Waals surface area contributed by atoms with Crippen LogP contribution in [0.2, 0.25) is 5.02 Å². The van der Waals surface area contributed by atoms with E-state index in [4.69, 9.17) is 11.6 Å². The topological polar surface area (TPSA) is 49.4 Å². The molecule has 5 heteroatoms. The summed E-state index contributed by atoms with van der Waals surface area (Å²) >= 11 is 5.97. The first-order valence-electron chi connectivity index (χ1n) is 9.77. The van der Waals surface area contributed by atoms with E-state index in [1.165, 1.54) is 5.56 Å². The van der Waals surface area contributed by atoms with E-state index >= 15 is 0 Å². The minimum atomic E-state index is -0.409. The molecule has 1 heterocycles. The van der Waals surface area contributed by atoms with E-state index in [1.807, 2.05) is 30.9 Å². The Kier molecular flexibility index (Phi) is 6.23. The van der Waals surface area contributed by atoms with Crippen molar-refractivity contribution >= 4 is 23.4 Å². The van der Waals surface area contributed by atoms with Crippen molar-refractivity contribution in [1.29, 1.82) is 0 Å². The predicted octanol–water partition coefficient (Wildman–Crippen LogP) is 3.99. The SMILES string of the molecule is CC(C)[C@@H](NC(=O)CC1CC1)C(=O)N1CCC(c2ccc(Cl)cc2)CC1. The van der Waals surface area contributed by atoms with Gasteiger partial charge in [0.15, 0.2) is 0 Å². The summed E-state index contributed by atoms with van der Waals surface area (Å²) in [5.41, 5.74) is 1.29. The molecule has 2 aliphatic rings. The van der Waals surface area contributed by atoms with Gasteiger partial charge in [0.2, 0.25) is 11.8 Å². The first kappa shape index (κ1) is 19.2. The maximum atomic E-state index is 13.0. The predicted molar refractivity (Wildman–Crippen MR) is 104 cm³/mol. The molecule has 0 radical (unpaired) electrons. The van der Waals surface area contributed by atoms with E-state index < -0.39 is 6.04 Å². The Balaban J connectivity index is 1.54. The lowest BCUT2D eigenvalue weighted by molar-refractivity contribution is -0.138. The smallest absolute Gasteiger partial charge is 0.245 e. The zero-order valence-corrected chi connectivity index (χ0v) is 16.5. The van der Waals surface area contributed by atoms with Gasteiger partial charge in [-0.3, -0.25) is 9.59 Å². The van der Waals surface area contributed by atoms with Crippen molar-refractivity contribution < 1.29 is 9.59 Å². The molecule has 1 saturated heterocycles. The summed E-state index contributed by atoms with van der Waals surface area (Å²) in [6.07, 6.45) is 4.76. The molecule has 142 valence electrons. The van der Waals surface area contributed by atoms with Gasteiger partial charge in [-0.2, -0.15) is 0 Å². The van der Waals surface area contributed by atoms with Gasteiger partial charge in [0, 0.05) is 24.5 Å². The number of carbonyl (C=O) groups excluding carboxylic acids is 2. The number of amides is 2. The molecule has 1 aromatic rings. The van der Waals surface area contributed by atoms with Crippen molar-refractivity contribution in [3.05, 3.63) is 34.9 Å². The van der Waals surface area contributed by atoms with Gasteiger partial charge in [-0.1, -0.05) is 37.6 Å². The minimum Gasteiger partial charge on any atom is -0.344 e. The monoisotopic (exact) mass is 376 g/mol. The van der Waals surface area contributed by atoms with Crippen LogP contribution in [0.15, 0.2) is 24.3 Å². The lowest BCUT2D eigenvalue weighted by atomic mass is 9.89. The maximum absolute atomic E-state index is 13.0. The van der Waals surface area contributed by atoms with Crippen LogP contribution in [0.25, 0.3) is 0 Å². The van der Waals surface area contributed by atoms with Gasteiger partial charge >= 0.3 is 0 Å². The van der Waals surface area contributed by atoms with Gasteiger partial charge in [-0.15, -0.1) is 0 Å². The molecule has 0 bridgehead atoms. The zero-order chi connectivity index (χ0) is 18.7. The Morgan fingerprint density at radius 2 is 1.73 bits per heavy atom. The first-order chi connectivity index (χ1) is 12.4. The van der Waals surface area contributed by atoms with Crippen molar-refractivity contribution in [2.75, 3.05) is 13.1 Å². The van der Waals surface area contributed by atoms with Crippen molar-refractivity contribution in [3.63, 3.8) is 0 Å². The Bertz CT molecular complexity index is 632. The van der Waals surface area contributed by atoms with Crippen molar-refractivity contribution in [2.24, 2.45) is 11.8 Å². The Hall–Kier alpha value is -1.55.